The minimum Gasteiger partial charge on any atom is -0.395 e. The van der Waals surface area contributed by atoms with E-state index in [1.807, 2.05) is 24.0 Å². The summed E-state index contributed by atoms with van der Waals surface area (Å²) in [6.07, 6.45) is -0.0772. The largest absolute Gasteiger partial charge is 0.395 e. The van der Waals surface area contributed by atoms with Crippen LogP contribution in [0.3, 0.4) is 0 Å². The van der Waals surface area contributed by atoms with Gasteiger partial charge >= 0.3 is 0 Å². The lowest BCUT2D eigenvalue weighted by Crippen LogP contribution is -2.32. The molecule has 22 heavy (non-hydrogen) atoms. The van der Waals surface area contributed by atoms with Crippen LogP contribution in [0.15, 0.2) is 24.3 Å². The van der Waals surface area contributed by atoms with Gasteiger partial charge in [0.05, 0.1) is 6.61 Å². The number of aliphatic hydroxyl groups excluding tert-OH is 1. The van der Waals surface area contributed by atoms with Crippen LogP contribution in [0.25, 0.3) is 0 Å². The van der Waals surface area contributed by atoms with Crippen molar-refractivity contribution in [3.05, 3.63) is 24.3 Å². The van der Waals surface area contributed by atoms with E-state index in [1.165, 1.54) is 4.90 Å². The summed E-state index contributed by atoms with van der Waals surface area (Å²) >= 11 is 0. The Morgan fingerprint density at radius 1 is 1.36 bits per heavy atom. The standard InChI is InChI=1S/C14H21N3O4S/c1-2-16(7-8-18)11-3-5-12(6-4-11)17-10-13(9-14(17)19)22(15,20)21/h3-6,13,18H,2,7-10H2,1H3,(H2,15,20,21). The molecule has 1 heterocycles. The quantitative estimate of drug-likeness (QED) is 0.759. The van der Waals surface area contributed by atoms with Crippen LogP contribution in [-0.2, 0) is 14.8 Å². The fraction of sp³-hybridized carbons (Fsp3) is 0.500. The highest BCUT2D eigenvalue weighted by molar-refractivity contribution is 7.89. The Morgan fingerprint density at radius 2 is 2.00 bits per heavy atom. The minimum atomic E-state index is -3.71. The number of amides is 1. The molecule has 1 aliphatic rings. The zero-order valence-electron chi connectivity index (χ0n) is 12.5. The fourth-order valence-electron chi connectivity index (χ4n) is 2.58. The summed E-state index contributed by atoms with van der Waals surface area (Å²) in [5, 5.41) is 13.3. The van der Waals surface area contributed by atoms with E-state index in [4.69, 9.17) is 10.2 Å². The molecule has 0 saturated carbocycles. The molecule has 3 N–H and O–H groups in total. The molecule has 1 aliphatic heterocycles. The summed E-state index contributed by atoms with van der Waals surface area (Å²) in [5.74, 6) is -0.241. The van der Waals surface area contributed by atoms with Gasteiger partial charge in [-0.1, -0.05) is 0 Å². The molecule has 0 aromatic heterocycles. The van der Waals surface area contributed by atoms with Gasteiger partial charge in [-0.25, -0.2) is 13.6 Å². The summed E-state index contributed by atoms with van der Waals surface area (Å²) in [6, 6.07) is 7.26. The molecule has 1 atom stereocenters. The Bertz CT molecular complexity index is 630. The number of nitrogens with zero attached hydrogens (tertiary/aromatic N) is 2. The van der Waals surface area contributed by atoms with Crippen LogP contribution in [-0.4, -0.2) is 50.9 Å². The van der Waals surface area contributed by atoms with E-state index in [-0.39, 0.29) is 25.5 Å². The average molecular weight is 327 g/mol. The van der Waals surface area contributed by atoms with Crippen LogP contribution in [0, 0.1) is 0 Å². The number of anilines is 2. The molecule has 7 nitrogen and oxygen atoms in total. The molecule has 0 spiro atoms. The zero-order valence-corrected chi connectivity index (χ0v) is 13.3. The third kappa shape index (κ3) is 3.57. The summed E-state index contributed by atoms with van der Waals surface area (Å²) in [4.78, 5) is 15.4. The van der Waals surface area contributed by atoms with E-state index < -0.39 is 15.3 Å². The molecule has 1 fully saturated rings. The van der Waals surface area contributed by atoms with Crippen LogP contribution in [0.5, 0.6) is 0 Å². The maximum absolute atomic E-state index is 12.0. The van der Waals surface area contributed by atoms with Crippen molar-refractivity contribution in [2.45, 2.75) is 18.6 Å². The molecular formula is C14H21N3O4S. The number of rotatable bonds is 6. The molecule has 1 unspecified atom stereocenters. The Kier molecular flexibility index (Phi) is 5.05. The van der Waals surface area contributed by atoms with Gasteiger partial charge in [0, 0.05) is 37.4 Å². The van der Waals surface area contributed by atoms with E-state index in [0.717, 1.165) is 12.2 Å². The van der Waals surface area contributed by atoms with Gasteiger partial charge in [-0.05, 0) is 31.2 Å². The van der Waals surface area contributed by atoms with Crippen molar-refractivity contribution in [2.24, 2.45) is 5.14 Å². The van der Waals surface area contributed by atoms with Gasteiger partial charge in [-0.3, -0.25) is 4.79 Å². The third-order valence-electron chi connectivity index (χ3n) is 3.83. The predicted molar refractivity (Wildman–Crippen MR) is 85.3 cm³/mol. The number of hydrogen-bond acceptors (Lipinski definition) is 5. The summed E-state index contributed by atoms with van der Waals surface area (Å²) in [5.41, 5.74) is 1.59. The molecule has 1 saturated heterocycles. The van der Waals surface area contributed by atoms with Crippen molar-refractivity contribution in [1.29, 1.82) is 0 Å². The number of carbonyl (C=O) groups is 1. The minimum absolute atomic E-state index is 0.0657. The van der Waals surface area contributed by atoms with Gasteiger partial charge in [0.1, 0.15) is 5.25 Å². The van der Waals surface area contributed by atoms with Gasteiger partial charge < -0.3 is 14.9 Å². The highest BCUT2D eigenvalue weighted by Crippen LogP contribution is 2.26. The second-order valence-corrected chi connectivity index (χ2v) is 7.08. The molecule has 2 rings (SSSR count). The topological polar surface area (TPSA) is 104 Å². The van der Waals surface area contributed by atoms with Gasteiger partial charge in [0.25, 0.3) is 0 Å². The van der Waals surface area contributed by atoms with Crippen molar-refractivity contribution in [2.75, 3.05) is 36.0 Å². The number of benzene rings is 1. The van der Waals surface area contributed by atoms with E-state index in [2.05, 4.69) is 0 Å². The van der Waals surface area contributed by atoms with E-state index in [1.54, 1.807) is 12.1 Å². The summed E-state index contributed by atoms with van der Waals surface area (Å²) < 4.78 is 22.8. The fourth-order valence-corrected chi connectivity index (χ4v) is 3.31. The summed E-state index contributed by atoms with van der Waals surface area (Å²) in [6.45, 7) is 3.44. The highest BCUT2D eigenvalue weighted by atomic mass is 32.2. The Labute approximate surface area is 130 Å². The lowest BCUT2D eigenvalue weighted by Gasteiger charge is -2.23. The lowest BCUT2D eigenvalue weighted by molar-refractivity contribution is -0.117. The molecule has 0 bridgehead atoms. The molecular weight excluding hydrogens is 306 g/mol. The van der Waals surface area contributed by atoms with Crippen LogP contribution in [0.4, 0.5) is 11.4 Å². The van der Waals surface area contributed by atoms with Gasteiger partial charge in [0.2, 0.25) is 15.9 Å². The molecule has 122 valence electrons. The second kappa shape index (κ2) is 6.64. The summed E-state index contributed by atoms with van der Waals surface area (Å²) in [7, 11) is -3.71. The monoisotopic (exact) mass is 327 g/mol. The number of carbonyl (C=O) groups excluding carboxylic acids is 1. The first-order valence-electron chi connectivity index (χ1n) is 7.14. The van der Waals surface area contributed by atoms with E-state index >= 15 is 0 Å². The van der Waals surface area contributed by atoms with Crippen LogP contribution in [0.2, 0.25) is 0 Å². The first kappa shape index (κ1) is 16.7. The third-order valence-corrected chi connectivity index (χ3v) is 5.08. The van der Waals surface area contributed by atoms with Gasteiger partial charge in [-0.15, -0.1) is 0 Å². The van der Waals surface area contributed by atoms with Crippen molar-refractivity contribution in [3.8, 4) is 0 Å². The van der Waals surface area contributed by atoms with E-state index in [0.29, 0.717) is 12.2 Å². The Balaban J connectivity index is 2.15. The molecule has 1 aromatic rings. The average Bonchev–Trinajstić information content (AvgIpc) is 2.87. The maximum Gasteiger partial charge on any atom is 0.228 e. The first-order chi connectivity index (χ1) is 10.4. The maximum atomic E-state index is 12.0. The number of nitrogens with two attached hydrogens (primary N) is 1. The lowest BCUT2D eigenvalue weighted by atomic mass is 10.2. The molecule has 0 radical (unpaired) electrons. The number of hydrogen-bond donors (Lipinski definition) is 2. The van der Waals surface area contributed by atoms with Crippen molar-refractivity contribution in [1.82, 2.24) is 0 Å². The first-order valence-corrected chi connectivity index (χ1v) is 8.75. The Hall–Kier alpha value is -1.64. The SMILES string of the molecule is CCN(CCO)c1ccc(N2CC(S(N)(=O)=O)CC2=O)cc1. The number of likely N-dealkylation sites (N-methyl/N-ethyl adjacent to an activating group) is 1. The second-order valence-electron chi connectivity index (χ2n) is 5.24. The van der Waals surface area contributed by atoms with Crippen LogP contribution >= 0.6 is 0 Å². The van der Waals surface area contributed by atoms with Crippen molar-refractivity contribution in [3.63, 3.8) is 0 Å². The van der Waals surface area contributed by atoms with Gasteiger partial charge in [-0.2, -0.15) is 0 Å². The van der Waals surface area contributed by atoms with E-state index in [9.17, 15) is 13.2 Å². The number of aliphatic hydroxyl groups is 1. The normalized spacial score (nSPS) is 18.8. The Morgan fingerprint density at radius 3 is 2.45 bits per heavy atom. The zero-order chi connectivity index (χ0) is 16.3. The van der Waals surface area contributed by atoms with Crippen LogP contribution < -0.4 is 14.9 Å². The smallest absolute Gasteiger partial charge is 0.228 e. The van der Waals surface area contributed by atoms with Crippen molar-refractivity contribution >= 4 is 27.3 Å². The number of sulfonamides is 1. The van der Waals surface area contributed by atoms with Gasteiger partial charge in [0.15, 0.2) is 0 Å². The van der Waals surface area contributed by atoms with Crippen molar-refractivity contribution < 1.29 is 18.3 Å². The molecule has 8 heteroatoms. The molecule has 1 aromatic carbocycles. The highest BCUT2D eigenvalue weighted by Gasteiger charge is 2.37. The number of primary sulfonamides is 1. The molecule has 0 aliphatic carbocycles. The predicted octanol–water partition coefficient (Wildman–Crippen LogP) is -0.101. The molecule has 1 amide bonds. The van der Waals surface area contributed by atoms with Crippen LogP contribution in [0.1, 0.15) is 13.3 Å².